The summed E-state index contributed by atoms with van der Waals surface area (Å²) in [6, 6.07) is 9.94. The summed E-state index contributed by atoms with van der Waals surface area (Å²) in [5, 5.41) is 4.35. The Bertz CT molecular complexity index is 726. The fourth-order valence-corrected chi connectivity index (χ4v) is 3.22. The highest BCUT2D eigenvalue weighted by Gasteiger charge is 2.26. The molecule has 1 fully saturated rings. The summed E-state index contributed by atoms with van der Waals surface area (Å²) in [6.07, 6.45) is 0.787. The first kappa shape index (κ1) is 19.4. The van der Waals surface area contributed by atoms with Crippen molar-refractivity contribution >= 4 is 11.8 Å². The smallest absolute Gasteiger partial charge is 0.233 e. The van der Waals surface area contributed by atoms with Gasteiger partial charge in [0.05, 0.1) is 25.3 Å². The largest absolute Gasteiger partial charge is 0.385 e. The molecule has 1 saturated heterocycles. The highest BCUT2D eigenvalue weighted by molar-refractivity contribution is 5.75. The van der Waals surface area contributed by atoms with E-state index in [0.717, 1.165) is 42.2 Å². The van der Waals surface area contributed by atoms with Crippen LogP contribution < -0.4 is 4.90 Å². The lowest BCUT2D eigenvalue weighted by Crippen LogP contribution is -2.37. The minimum absolute atomic E-state index is 0.0271. The Morgan fingerprint density at radius 1 is 1.26 bits per heavy atom. The molecule has 146 valence electrons. The highest BCUT2D eigenvalue weighted by Crippen LogP contribution is 2.33. The Morgan fingerprint density at radius 2 is 2.00 bits per heavy atom. The number of morpholine rings is 1. The SMILES string of the molecule is COCCCN(Cc1c(-c2ccccc2)noc1N1CCOCC1)C(C)=O. The Morgan fingerprint density at radius 3 is 2.67 bits per heavy atom. The molecule has 7 nitrogen and oxygen atoms in total. The van der Waals surface area contributed by atoms with Crippen LogP contribution in [0.1, 0.15) is 18.9 Å². The summed E-state index contributed by atoms with van der Waals surface area (Å²) in [6.45, 7) is 6.12. The molecule has 7 heteroatoms. The van der Waals surface area contributed by atoms with E-state index in [0.29, 0.717) is 32.9 Å². The number of amides is 1. The maximum absolute atomic E-state index is 12.2. The third-order valence-corrected chi connectivity index (χ3v) is 4.68. The summed E-state index contributed by atoms with van der Waals surface area (Å²) >= 11 is 0. The highest BCUT2D eigenvalue weighted by atomic mass is 16.5. The van der Waals surface area contributed by atoms with Gasteiger partial charge in [0.1, 0.15) is 5.69 Å². The molecule has 0 atom stereocenters. The molecule has 27 heavy (non-hydrogen) atoms. The van der Waals surface area contributed by atoms with Gasteiger partial charge in [0.2, 0.25) is 11.8 Å². The average molecular weight is 373 g/mol. The van der Waals surface area contributed by atoms with E-state index in [4.69, 9.17) is 14.0 Å². The van der Waals surface area contributed by atoms with Crippen LogP contribution in [0.25, 0.3) is 11.3 Å². The number of benzene rings is 1. The van der Waals surface area contributed by atoms with Crippen LogP contribution in [0, 0.1) is 0 Å². The van der Waals surface area contributed by atoms with Gasteiger partial charge in [0, 0.05) is 45.8 Å². The van der Waals surface area contributed by atoms with Crippen LogP contribution in [0.2, 0.25) is 0 Å². The molecule has 1 amide bonds. The molecule has 2 aromatic rings. The van der Waals surface area contributed by atoms with E-state index in [9.17, 15) is 4.79 Å². The second-order valence-electron chi connectivity index (χ2n) is 6.57. The van der Waals surface area contributed by atoms with Crippen molar-refractivity contribution in [1.29, 1.82) is 0 Å². The number of methoxy groups -OCH3 is 1. The van der Waals surface area contributed by atoms with Crippen molar-refractivity contribution < 1.29 is 18.8 Å². The maximum Gasteiger partial charge on any atom is 0.233 e. The zero-order chi connectivity index (χ0) is 19.1. The first-order valence-corrected chi connectivity index (χ1v) is 9.32. The van der Waals surface area contributed by atoms with Crippen molar-refractivity contribution in [3.63, 3.8) is 0 Å². The fourth-order valence-electron chi connectivity index (χ4n) is 3.22. The van der Waals surface area contributed by atoms with Crippen LogP contribution in [0.15, 0.2) is 34.9 Å². The summed E-state index contributed by atoms with van der Waals surface area (Å²) in [5.74, 6) is 0.759. The number of anilines is 1. The number of hydrogen-bond acceptors (Lipinski definition) is 6. The molecule has 1 aliphatic rings. The lowest BCUT2D eigenvalue weighted by atomic mass is 10.1. The zero-order valence-electron chi connectivity index (χ0n) is 16.0. The Kier molecular flexibility index (Phi) is 6.84. The van der Waals surface area contributed by atoms with Crippen LogP contribution in [-0.4, -0.2) is 62.5 Å². The van der Waals surface area contributed by atoms with E-state index < -0.39 is 0 Å². The summed E-state index contributed by atoms with van der Waals surface area (Å²) in [5.41, 5.74) is 2.71. The molecule has 1 aromatic heterocycles. The van der Waals surface area contributed by atoms with Gasteiger partial charge in [-0.2, -0.15) is 0 Å². The molecule has 0 bridgehead atoms. The predicted molar refractivity (Wildman–Crippen MR) is 103 cm³/mol. The second kappa shape index (κ2) is 9.53. The van der Waals surface area contributed by atoms with E-state index >= 15 is 0 Å². The molecular weight excluding hydrogens is 346 g/mol. The van der Waals surface area contributed by atoms with E-state index in [1.165, 1.54) is 0 Å². The number of hydrogen-bond donors (Lipinski definition) is 0. The van der Waals surface area contributed by atoms with Crippen LogP contribution in [0.5, 0.6) is 0 Å². The molecule has 1 aromatic carbocycles. The number of aromatic nitrogens is 1. The van der Waals surface area contributed by atoms with Gasteiger partial charge in [0.25, 0.3) is 0 Å². The monoisotopic (exact) mass is 373 g/mol. The molecule has 0 radical (unpaired) electrons. The first-order chi connectivity index (χ1) is 13.2. The van der Waals surface area contributed by atoms with Crippen molar-refractivity contribution in [3.8, 4) is 11.3 Å². The van der Waals surface area contributed by atoms with Crippen molar-refractivity contribution in [1.82, 2.24) is 10.1 Å². The Hall–Kier alpha value is -2.38. The number of rotatable bonds is 8. The predicted octanol–water partition coefficient (Wildman–Crippen LogP) is 2.56. The van der Waals surface area contributed by atoms with Crippen molar-refractivity contribution in [2.24, 2.45) is 0 Å². The standard InChI is InChI=1S/C20H27N3O4/c1-16(24)23(9-6-12-25-2)15-18-19(17-7-4-3-5-8-17)21-27-20(18)22-10-13-26-14-11-22/h3-5,7-8H,6,9-15H2,1-2H3. The lowest BCUT2D eigenvalue weighted by molar-refractivity contribution is -0.129. The molecule has 0 saturated carbocycles. The topological polar surface area (TPSA) is 68.0 Å². The number of nitrogens with zero attached hydrogens (tertiary/aromatic N) is 3. The van der Waals surface area contributed by atoms with Gasteiger partial charge in [0.15, 0.2) is 0 Å². The lowest BCUT2D eigenvalue weighted by Gasteiger charge is -2.28. The third kappa shape index (κ3) is 4.87. The number of carbonyl (C=O) groups excluding carboxylic acids is 1. The minimum atomic E-state index is 0.0271. The second-order valence-corrected chi connectivity index (χ2v) is 6.57. The Labute approximate surface area is 159 Å². The van der Waals surface area contributed by atoms with Crippen molar-refractivity contribution in [2.45, 2.75) is 19.9 Å². The van der Waals surface area contributed by atoms with Crippen LogP contribution >= 0.6 is 0 Å². The van der Waals surface area contributed by atoms with E-state index in [1.807, 2.05) is 35.2 Å². The normalized spacial score (nSPS) is 14.4. The van der Waals surface area contributed by atoms with Gasteiger partial charge in [-0.3, -0.25) is 4.79 Å². The van der Waals surface area contributed by atoms with Crippen LogP contribution in [0.4, 0.5) is 5.88 Å². The maximum atomic E-state index is 12.2. The van der Waals surface area contributed by atoms with E-state index in [2.05, 4.69) is 10.1 Å². The van der Waals surface area contributed by atoms with Gasteiger partial charge in [-0.1, -0.05) is 35.5 Å². The number of carbonyl (C=O) groups is 1. The van der Waals surface area contributed by atoms with Crippen molar-refractivity contribution in [3.05, 3.63) is 35.9 Å². The summed E-state index contributed by atoms with van der Waals surface area (Å²) < 4.78 is 16.3. The van der Waals surface area contributed by atoms with Crippen LogP contribution in [-0.2, 0) is 20.8 Å². The molecule has 0 aliphatic carbocycles. The van der Waals surface area contributed by atoms with Crippen LogP contribution in [0.3, 0.4) is 0 Å². The Balaban J connectivity index is 1.91. The molecule has 1 aliphatic heterocycles. The van der Waals surface area contributed by atoms with Gasteiger partial charge in [-0.15, -0.1) is 0 Å². The van der Waals surface area contributed by atoms with E-state index in [1.54, 1.807) is 14.0 Å². The van der Waals surface area contributed by atoms with Gasteiger partial charge >= 0.3 is 0 Å². The van der Waals surface area contributed by atoms with Gasteiger partial charge in [-0.05, 0) is 6.42 Å². The molecule has 3 rings (SSSR count). The third-order valence-electron chi connectivity index (χ3n) is 4.68. The van der Waals surface area contributed by atoms with Gasteiger partial charge < -0.3 is 23.8 Å². The molecule has 2 heterocycles. The fraction of sp³-hybridized carbons (Fsp3) is 0.500. The van der Waals surface area contributed by atoms with E-state index in [-0.39, 0.29) is 5.91 Å². The van der Waals surface area contributed by atoms with Gasteiger partial charge in [-0.25, -0.2) is 0 Å². The quantitative estimate of drug-likeness (QED) is 0.663. The van der Waals surface area contributed by atoms with Crippen molar-refractivity contribution in [2.75, 3.05) is 51.5 Å². The molecule has 0 N–H and O–H groups in total. The molecule has 0 unspecified atom stereocenters. The average Bonchev–Trinajstić information content (AvgIpc) is 3.12. The summed E-state index contributed by atoms with van der Waals surface area (Å²) in [7, 11) is 1.67. The minimum Gasteiger partial charge on any atom is -0.385 e. The molecular formula is C20H27N3O4. The number of ether oxygens (including phenoxy) is 2. The first-order valence-electron chi connectivity index (χ1n) is 9.32. The molecule has 0 spiro atoms. The zero-order valence-corrected chi connectivity index (χ0v) is 16.0. The summed E-state index contributed by atoms with van der Waals surface area (Å²) in [4.78, 5) is 16.2.